The Balaban J connectivity index is 1.45. The SMILES string of the molecule is CCCC1=Cc2c(-c3ccc(-c4ccccc4)cc3)cccc2C1c1c2c(cc(C(C)(C)C)[c]1[Zr][SiH](C)C)-c1cc(C(C)(C)C)ccc1C2. The Bertz CT molecular complexity index is 2050. The fraction of sp³-hybridized carbons (Fsp3) is 0.319. The first-order chi connectivity index (χ1) is 23.3. The zero-order chi connectivity index (χ0) is 34.7. The number of rotatable bonds is 7. The third-order valence-electron chi connectivity index (χ3n) is 10.6. The molecule has 0 nitrogen and oxygen atoms in total. The molecule has 5 aromatic rings. The molecule has 7 rings (SSSR count). The summed E-state index contributed by atoms with van der Waals surface area (Å²) in [5, 5.41) is 0. The van der Waals surface area contributed by atoms with E-state index in [9.17, 15) is 0 Å². The van der Waals surface area contributed by atoms with E-state index in [0.29, 0.717) is 5.92 Å². The van der Waals surface area contributed by atoms with Crippen molar-refractivity contribution in [3.8, 4) is 33.4 Å². The molecular formula is C47H52SiZr. The predicted molar refractivity (Wildman–Crippen MR) is 213 cm³/mol. The normalized spacial score (nSPS) is 15.2. The summed E-state index contributed by atoms with van der Waals surface area (Å²) in [6.45, 7) is 22.0. The Kier molecular flexibility index (Phi) is 9.30. The average molecular weight is 736 g/mol. The third-order valence-corrected chi connectivity index (χ3v) is 19.2. The summed E-state index contributed by atoms with van der Waals surface area (Å²) >= 11 is -0.765. The van der Waals surface area contributed by atoms with Crippen molar-refractivity contribution in [1.29, 1.82) is 0 Å². The van der Waals surface area contributed by atoms with Gasteiger partial charge in [0, 0.05) is 0 Å². The third kappa shape index (κ3) is 6.50. The van der Waals surface area contributed by atoms with Gasteiger partial charge < -0.3 is 0 Å². The van der Waals surface area contributed by atoms with Gasteiger partial charge in [-0.25, -0.2) is 0 Å². The van der Waals surface area contributed by atoms with E-state index in [4.69, 9.17) is 0 Å². The number of benzene rings is 5. The zero-order valence-electron chi connectivity index (χ0n) is 31.1. The van der Waals surface area contributed by atoms with Gasteiger partial charge in [0.05, 0.1) is 0 Å². The Morgan fingerprint density at radius 3 is 2.04 bits per heavy atom. The van der Waals surface area contributed by atoms with Crippen LogP contribution >= 0.6 is 0 Å². The minimum absolute atomic E-state index is 0.103. The van der Waals surface area contributed by atoms with E-state index in [1.165, 1.54) is 62.1 Å². The van der Waals surface area contributed by atoms with Crippen molar-refractivity contribution in [2.24, 2.45) is 0 Å². The van der Waals surface area contributed by atoms with Crippen LogP contribution in [0.15, 0.2) is 103 Å². The molecular weight excluding hydrogens is 684 g/mol. The molecule has 2 aliphatic rings. The van der Waals surface area contributed by atoms with E-state index in [2.05, 4.69) is 165 Å². The second-order valence-electron chi connectivity index (χ2n) is 16.7. The summed E-state index contributed by atoms with van der Waals surface area (Å²) in [5.74, 6) is -0.421. The van der Waals surface area contributed by atoms with E-state index in [-0.39, 0.29) is 10.8 Å². The number of allylic oxidation sites excluding steroid dienone is 1. The van der Waals surface area contributed by atoms with Crippen LogP contribution in [0.4, 0.5) is 0 Å². The summed E-state index contributed by atoms with van der Waals surface area (Å²) in [5.41, 5.74) is 21.0. The minimum atomic E-state index is -0.765. The average Bonchev–Trinajstić information content (AvgIpc) is 3.61. The van der Waals surface area contributed by atoms with Crippen LogP contribution in [0.25, 0.3) is 39.5 Å². The van der Waals surface area contributed by atoms with Crippen LogP contribution in [-0.4, -0.2) is 5.92 Å². The first-order valence-corrected chi connectivity index (χ1v) is 26.8. The van der Waals surface area contributed by atoms with Gasteiger partial charge in [0.25, 0.3) is 0 Å². The molecule has 2 heteroatoms. The Morgan fingerprint density at radius 1 is 0.694 bits per heavy atom. The molecule has 248 valence electrons. The van der Waals surface area contributed by atoms with Crippen molar-refractivity contribution in [2.75, 3.05) is 0 Å². The Labute approximate surface area is 308 Å². The van der Waals surface area contributed by atoms with E-state index in [1.807, 2.05) is 3.27 Å². The first-order valence-electron chi connectivity index (χ1n) is 18.4. The second-order valence-corrected chi connectivity index (χ2v) is 31.2. The van der Waals surface area contributed by atoms with Crippen LogP contribution in [0.5, 0.6) is 0 Å². The van der Waals surface area contributed by atoms with Crippen LogP contribution in [0, 0.1) is 0 Å². The fourth-order valence-corrected chi connectivity index (χ4v) is 17.5. The molecule has 49 heavy (non-hydrogen) atoms. The molecule has 5 aromatic carbocycles. The molecule has 0 aliphatic heterocycles. The zero-order valence-corrected chi connectivity index (χ0v) is 34.7. The van der Waals surface area contributed by atoms with Gasteiger partial charge in [-0.05, 0) is 0 Å². The summed E-state index contributed by atoms with van der Waals surface area (Å²) in [6.07, 6.45) is 5.99. The molecule has 0 amide bonds. The monoisotopic (exact) mass is 734 g/mol. The maximum absolute atomic E-state index is 2.67. The summed E-state index contributed by atoms with van der Waals surface area (Å²) in [7, 11) is 0. The van der Waals surface area contributed by atoms with Gasteiger partial charge in [-0.15, -0.1) is 0 Å². The molecule has 0 fully saturated rings. The van der Waals surface area contributed by atoms with Crippen molar-refractivity contribution in [1.82, 2.24) is 0 Å². The maximum atomic E-state index is 2.67. The molecule has 2 aliphatic carbocycles. The summed E-state index contributed by atoms with van der Waals surface area (Å²) in [6, 6.07) is 37.3. The molecule has 0 radical (unpaired) electrons. The van der Waals surface area contributed by atoms with E-state index in [0.717, 1.165) is 12.8 Å². The molecule has 0 aromatic heterocycles. The summed E-state index contributed by atoms with van der Waals surface area (Å²) in [4.78, 5) is 0. The number of hydrogen-bond donors (Lipinski definition) is 0. The van der Waals surface area contributed by atoms with Crippen LogP contribution < -0.4 is 3.27 Å². The van der Waals surface area contributed by atoms with Gasteiger partial charge in [0.15, 0.2) is 0 Å². The molecule has 0 spiro atoms. The van der Waals surface area contributed by atoms with Gasteiger partial charge in [-0.3, -0.25) is 0 Å². The second kappa shape index (κ2) is 13.2. The van der Waals surface area contributed by atoms with Crippen molar-refractivity contribution < 1.29 is 22.4 Å². The van der Waals surface area contributed by atoms with E-state index >= 15 is 0 Å². The van der Waals surface area contributed by atoms with Crippen LogP contribution in [0.3, 0.4) is 0 Å². The van der Waals surface area contributed by atoms with Crippen LogP contribution in [-0.2, 0) is 39.6 Å². The van der Waals surface area contributed by atoms with Crippen molar-refractivity contribution in [2.45, 2.75) is 97.6 Å². The predicted octanol–water partition coefficient (Wildman–Crippen LogP) is 12.2. The molecule has 0 bridgehead atoms. The quantitative estimate of drug-likeness (QED) is 0.143. The topological polar surface area (TPSA) is 0 Å². The van der Waals surface area contributed by atoms with E-state index < -0.39 is 28.3 Å². The van der Waals surface area contributed by atoms with Crippen molar-refractivity contribution in [3.05, 3.63) is 142 Å². The Hall–Kier alpha value is -3.06. The molecule has 0 heterocycles. The van der Waals surface area contributed by atoms with Gasteiger partial charge in [0.1, 0.15) is 0 Å². The molecule has 1 atom stereocenters. The standard InChI is InChI=1S/C45H45.C2H7Si.Zr/c1-8-13-33-25-39-36(31-20-18-30(19-21-31)29-14-10-9-11-15-29)16-12-17-37(39)43(33)42-28-35(45(5,6)7)27-41-38-26-34(44(2,3)4)23-22-32(38)24-40(41)42;1-3-2;/h9-12,14-23,25-27,43H,8,13,24H2,1-7H3;3H,1-2H3;. The van der Waals surface area contributed by atoms with E-state index in [1.54, 1.807) is 22.3 Å². The molecule has 1 unspecified atom stereocenters. The van der Waals surface area contributed by atoms with Crippen LogP contribution in [0.1, 0.15) is 106 Å². The van der Waals surface area contributed by atoms with Gasteiger partial charge in [-0.2, -0.15) is 0 Å². The molecule has 0 saturated carbocycles. The summed E-state index contributed by atoms with van der Waals surface area (Å²) < 4.78 is 1.83. The van der Waals surface area contributed by atoms with Crippen molar-refractivity contribution in [3.63, 3.8) is 0 Å². The van der Waals surface area contributed by atoms with Crippen LogP contribution in [0.2, 0.25) is 13.1 Å². The molecule has 0 N–H and O–H groups in total. The Morgan fingerprint density at radius 2 is 1.39 bits per heavy atom. The van der Waals surface area contributed by atoms with Gasteiger partial charge in [-0.1, -0.05) is 18.2 Å². The molecule has 0 saturated heterocycles. The number of fused-ring (bicyclic) bond motifs is 4. The number of hydrogen-bond acceptors (Lipinski definition) is 0. The van der Waals surface area contributed by atoms with Gasteiger partial charge in [0.2, 0.25) is 0 Å². The van der Waals surface area contributed by atoms with Gasteiger partial charge >= 0.3 is 292 Å². The van der Waals surface area contributed by atoms with Crippen molar-refractivity contribution >= 4 is 15.3 Å². The first kappa shape index (κ1) is 34.4. The fourth-order valence-electron chi connectivity index (χ4n) is 8.20.